The zero-order chi connectivity index (χ0) is 14.7. The van der Waals surface area contributed by atoms with Gasteiger partial charge in [-0.05, 0) is 24.3 Å². The average Bonchev–Trinajstić information content (AvgIpc) is 2.43. The van der Waals surface area contributed by atoms with E-state index in [0.717, 1.165) is 0 Å². The number of hydrogen-bond donors (Lipinski definition) is 1. The molecule has 0 bridgehead atoms. The van der Waals surface area contributed by atoms with Gasteiger partial charge in [0.15, 0.2) is 0 Å². The summed E-state index contributed by atoms with van der Waals surface area (Å²) in [5, 5.41) is 12.1. The third-order valence-corrected chi connectivity index (χ3v) is 3.42. The summed E-state index contributed by atoms with van der Waals surface area (Å²) in [6.45, 7) is 0. The molecule has 0 radical (unpaired) electrons. The number of carbonyl (C=O) groups is 1. The molecule has 0 saturated carbocycles. The number of rotatable bonds is 2. The minimum absolute atomic E-state index is 0.126. The molecule has 1 heterocycles. The fraction of sp³-hybridized carbons (Fsp3) is 0. The van der Waals surface area contributed by atoms with Crippen molar-refractivity contribution in [2.24, 2.45) is 0 Å². The summed E-state index contributed by atoms with van der Waals surface area (Å²) < 4.78 is 0. The van der Waals surface area contributed by atoms with Gasteiger partial charge in [-0.1, -0.05) is 34.8 Å². The molecule has 1 aromatic carbocycles. The monoisotopic (exact) mass is 325 g/mol. The van der Waals surface area contributed by atoms with Gasteiger partial charge in [0.1, 0.15) is 11.2 Å². The van der Waals surface area contributed by atoms with Crippen molar-refractivity contribution >= 4 is 46.4 Å². The van der Waals surface area contributed by atoms with Crippen molar-refractivity contribution in [3.05, 3.63) is 56.8 Å². The van der Waals surface area contributed by atoms with Crippen LogP contribution in [0.25, 0.3) is 0 Å². The van der Waals surface area contributed by atoms with E-state index in [4.69, 9.17) is 40.1 Å². The lowest BCUT2D eigenvalue weighted by atomic mass is 10.2. The van der Waals surface area contributed by atoms with Gasteiger partial charge in [0.25, 0.3) is 5.91 Å². The first-order valence-electron chi connectivity index (χ1n) is 5.33. The predicted octanol–water partition coefficient (Wildman–Crippen LogP) is 4.17. The second-order valence-corrected chi connectivity index (χ2v) is 4.93. The van der Waals surface area contributed by atoms with Crippen molar-refractivity contribution < 1.29 is 4.79 Å². The number of hydrogen-bond acceptors (Lipinski definition) is 3. The molecule has 0 unspecified atom stereocenters. The van der Waals surface area contributed by atoms with Crippen LogP contribution in [-0.2, 0) is 0 Å². The maximum absolute atomic E-state index is 12.0. The van der Waals surface area contributed by atoms with E-state index in [2.05, 4.69) is 10.3 Å². The number of pyridine rings is 1. The molecule has 20 heavy (non-hydrogen) atoms. The largest absolute Gasteiger partial charge is 0.322 e. The van der Waals surface area contributed by atoms with E-state index >= 15 is 0 Å². The number of carbonyl (C=O) groups excluding carboxylic acids is 1. The van der Waals surface area contributed by atoms with Gasteiger partial charge in [0, 0.05) is 11.9 Å². The van der Waals surface area contributed by atoms with Crippen LogP contribution in [-0.4, -0.2) is 10.9 Å². The Labute approximate surface area is 129 Å². The highest BCUT2D eigenvalue weighted by molar-refractivity contribution is 6.41. The molecule has 1 aromatic heterocycles. The van der Waals surface area contributed by atoms with E-state index < -0.39 is 5.91 Å². The molecule has 7 heteroatoms. The molecule has 1 amide bonds. The molecule has 0 spiro atoms. The smallest absolute Gasteiger partial charge is 0.257 e. The van der Waals surface area contributed by atoms with E-state index in [-0.39, 0.29) is 21.3 Å². The third-order valence-electron chi connectivity index (χ3n) is 2.40. The summed E-state index contributed by atoms with van der Waals surface area (Å²) in [5.74, 6) is -0.415. The van der Waals surface area contributed by atoms with Crippen LogP contribution in [0.5, 0.6) is 0 Å². The Morgan fingerprint density at radius 1 is 1.20 bits per heavy atom. The van der Waals surface area contributed by atoms with E-state index in [1.807, 2.05) is 6.07 Å². The van der Waals surface area contributed by atoms with Crippen molar-refractivity contribution in [2.75, 3.05) is 5.32 Å². The lowest BCUT2D eigenvalue weighted by molar-refractivity contribution is 0.102. The van der Waals surface area contributed by atoms with Gasteiger partial charge in [0.2, 0.25) is 0 Å². The minimum Gasteiger partial charge on any atom is -0.322 e. The Kier molecular flexibility index (Phi) is 4.46. The standard InChI is InChI=1S/C13H6Cl3N3O/c14-10-2-1-9(3-7(10)5-17)19-13(20)8-4-11(15)12(16)18-6-8/h1-4,6H,(H,19,20). The van der Waals surface area contributed by atoms with Gasteiger partial charge in [-0.25, -0.2) is 4.98 Å². The molecule has 1 N–H and O–H groups in total. The zero-order valence-corrected chi connectivity index (χ0v) is 12.1. The molecule has 0 aliphatic heterocycles. The number of amides is 1. The Hall–Kier alpha value is -1.80. The van der Waals surface area contributed by atoms with Gasteiger partial charge >= 0.3 is 0 Å². The van der Waals surface area contributed by atoms with E-state index in [1.165, 1.54) is 24.4 Å². The fourth-order valence-electron chi connectivity index (χ4n) is 1.44. The number of nitriles is 1. The Morgan fingerprint density at radius 3 is 2.60 bits per heavy atom. The quantitative estimate of drug-likeness (QED) is 0.842. The first kappa shape index (κ1) is 14.6. The van der Waals surface area contributed by atoms with Crippen LogP contribution in [0, 0.1) is 11.3 Å². The normalized spacial score (nSPS) is 9.90. The van der Waals surface area contributed by atoms with Crippen molar-refractivity contribution in [3.8, 4) is 6.07 Å². The predicted molar refractivity (Wildman–Crippen MR) is 78.4 cm³/mol. The number of nitrogens with zero attached hydrogens (tertiary/aromatic N) is 2. The highest BCUT2D eigenvalue weighted by Gasteiger charge is 2.10. The highest BCUT2D eigenvalue weighted by Crippen LogP contribution is 2.22. The first-order chi connectivity index (χ1) is 9.51. The van der Waals surface area contributed by atoms with E-state index in [9.17, 15) is 4.79 Å². The minimum atomic E-state index is -0.415. The van der Waals surface area contributed by atoms with Crippen LogP contribution < -0.4 is 5.32 Å². The summed E-state index contributed by atoms with van der Waals surface area (Å²) >= 11 is 17.3. The second-order valence-electron chi connectivity index (χ2n) is 3.76. The Morgan fingerprint density at radius 2 is 1.95 bits per heavy atom. The average molecular weight is 327 g/mol. The van der Waals surface area contributed by atoms with Gasteiger partial charge in [-0.2, -0.15) is 5.26 Å². The van der Waals surface area contributed by atoms with Crippen LogP contribution >= 0.6 is 34.8 Å². The molecule has 2 aromatic rings. The van der Waals surface area contributed by atoms with Gasteiger partial charge in [-0.15, -0.1) is 0 Å². The molecule has 0 aliphatic carbocycles. The molecule has 2 rings (SSSR count). The first-order valence-corrected chi connectivity index (χ1v) is 6.46. The van der Waals surface area contributed by atoms with E-state index in [1.54, 1.807) is 6.07 Å². The van der Waals surface area contributed by atoms with E-state index in [0.29, 0.717) is 10.7 Å². The summed E-state index contributed by atoms with van der Waals surface area (Å²) in [4.78, 5) is 15.8. The molecular weight excluding hydrogens is 321 g/mol. The van der Waals surface area contributed by atoms with Crippen LogP contribution in [0.15, 0.2) is 30.5 Å². The molecule has 0 aliphatic rings. The van der Waals surface area contributed by atoms with Crippen LogP contribution in [0.3, 0.4) is 0 Å². The van der Waals surface area contributed by atoms with Crippen LogP contribution in [0.1, 0.15) is 15.9 Å². The van der Waals surface area contributed by atoms with Crippen molar-refractivity contribution in [2.45, 2.75) is 0 Å². The maximum atomic E-state index is 12.0. The molecule has 4 nitrogen and oxygen atoms in total. The number of nitrogens with one attached hydrogen (secondary N) is 1. The summed E-state index contributed by atoms with van der Waals surface area (Å²) in [7, 11) is 0. The van der Waals surface area contributed by atoms with Crippen LogP contribution in [0.4, 0.5) is 5.69 Å². The van der Waals surface area contributed by atoms with Gasteiger partial charge in [-0.3, -0.25) is 4.79 Å². The second kappa shape index (κ2) is 6.10. The third kappa shape index (κ3) is 3.20. The highest BCUT2D eigenvalue weighted by atomic mass is 35.5. The van der Waals surface area contributed by atoms with Crippen molar-refractivity contribution in [1.82, 2.24) is 4.98 Å². The zero-order valence-electron chi connectivity index (χ0n) is 9.82. The SMILES string of the molecule is N#Cc1cc(NC(=O)c2cnc(Cl)c(Cl)c2)ccc1Cl. The number of aromatic nitrogens is 1. The topological polar surface area (TPSA) is 65.8 Å². The lowest BCUT2D eigenvalue weighted by Crippen LogP contribution is -2.12. The number of anilines is 1. The molecule has 0 atom stereocenters. The lowest BCUT2D eigenvalue weighted by Gasteiger charge is -2.06. The number of benzene rings is 1. The Bertz CT molecular complexity index is 725. The molecule has 100 valence electrons. The molecular formula is C13H6Cl3N3O. The number of halogens is 3. The van der Waals surface area contributed by atoms with Crippen LogP contribution in [0.2, 0.25) is 15.2 Å². The van der Waals surface area contributed by atoms with Gasteiger partial charge in [0.05, 0.1) is 21.2 Å². The Balaban J connectivity index is 2.23. The van der Waals surface area contributed by atoms with Crippen molar-refractivity contribution in [3.63, 3.8) is 0 Å². The molecule has 0 saturated heterocycles. The van der Waals surface area contributed by atoms with Gasteiger partial charge < -0.3 is 5.32 Å². The summed E-state index contributed by atoms with van der Waals surface area (Å²) in [6.07, 6.45) is 1.31. The molecule has 0 fully saturated rings. The fourth-order valence-corrected chi connectivity index (χ4v) is 1.87. The summed E-state index contributed by atoms with van der Waals surface area (Å²) in [6, 6.07) is 7.94. The van der Waals surface area contributed by atoms with Crippen molar-refractivity contribution in [1.29, 1.82) is 5.26 Å². The summed E-state index contributed by atoms with van der Waals surface area (Å²) in [5.41, 5.74) is 0.978. The maximum Gasteiger partial charge on any atom is 0.257 e.